The Morgan fingerprint density at radius 3 is 2.25 bits per heavy atom. The van der Waals surface area contributed by atoms with Crippen molar-refractivity contribution >= 4 is 5.78 Å². The minimum absolute atomic E-state index is 0.140. The highest BCUT2D eigenvalue weighted by Crippen LogP contribution is 2.01. The summed E-state index contributed by atoms with van der Waals surface area (Å²) in [5.74, 6) is -0.140. The van der Waals surface area contributed by atoms with Gasteiger partial charge in [0.1, 0.15) is 6.17 Å². The molecule has 0 saturated carbocycles. The Labute approximate surface area is 46.5 Å². The Hall–Kier alpha value is -0.920. The third-order valence-corrected chi connectivity index (χ3v) is 0.889. The van der Waals surface area contributed by atoms with Crippen LogP contribution in [-0.2, 0) is 4.79 Å². The lowest BCUT2D eigenvalue weighted by Crippen LogP contribution is -1.98. The van der Waals surface area contributed by atoms with Gasteiger partial charge in [0, 0.05) is 0 Å². The van der Waals surface area contributed by atoms with Gasteiger partial charge in [-0.05, 0) is 24.3 Å². The molecule has 0 unspecified atom stereocenters. The van der Waals surface area contributed by atoms with E-state index in [9.17, 15) is 9.18 Å². The average Bonchev–Trinajstić information content (AvgIpc) is 1.77. The normalized spacial score (nSPS) is 19.9. The highest BCUT2D eigenvalue weighted by atomic mass is 19.1. The first kappa shape index (κ1) is 5.22. The van der Waals surface area contributed by atoms with Crippen LogP contribution in [0.25, 0.3) is 0 Å². The Balaban J connectivity index is 2.68. The van der Waals surface area contributed by atoms with Crippen LogP contribution in [0.15, 0.2) is 24.3 Å². The van der Waals surface area contributed by atoms with Gasteiger partial charge in [0.05, 0.1) is 0 Å². The molecule has 0 bridgehead atoms. The van der Waals surface area contributed by atoms with E-state index in [1.807, 2.05) is 0 Å². The van der Waals surface area contributed by atoms with Crippen molar-refractivity contribution in [2.45, 2.75) is 6.17 Å². The lowest BCUT2D eigenvalue weighted by molar-refractivity contribution is -0.110. The summed E-state index contributed by atoms with van der Waals surface area (Å²) < 4.78 is 12.0. The zero-order valence-corrected chi connectivity index (χ0v) is 4.17. The van der Waals surface area contributed by atoms with Crippen LogP contribution in [0, 0.1) is 0 Å². The molecule has 1 aliphatic rings. The van der Waals surface area contributed by atoms with Crippen molar-refractivity contribution in [1.82, 2.24) is 0 Å². The number of carbonyl (C=O) groups excluding carboxylic acids is 1. The minimum Gasteiger partial charge on any atom is -0.290 e. The molecule has 0 fully saturated rings. The summed E-state index contributed by atoms with van der Waals surface area (Å²) in [6.07, 6.45) is 3.84. The molecule has 1 aliphatic carbocycles. The van der Waals surface area contributed by atoms with Gasteiger partial charge in [0.25, 0.3) is 0 Å². The summed E-state index contributed by atoms with van der Waals surface area (Å²) in [6.45, 7) is 0. The lowest BCUT2D eigenvalue weighted by atomic mass is 10.2. The summed E-state index contributed by atoms with van der Waals surface area (Å²) in [5, 5.41) is 0. The fraction of sp³-hybridized carbons (Fsp3) is 0.167. The van der Waals surface area contributed by atoms with Crippen LogP contribution in [0.1, 0.15) is 0 Å². The maximum atomic E-state index is 12.0. The molecule has 0 radical (unpaired) electrons. The number of rotatable bonds is 0. The highest BCUT2D eigenvalue weighted by molar-refractivity contribution is 6.00. The molecule has 0 heterocycles. The number of allylic oxidation sites excluding steroid dienone is 4. The van der Waals surface area contributed by atoms with E-state index in [2.05, 4.69) is 0 Å². The second-order valence-corrected chi connectivity index (χ2v) is 1.57. The van der Waals surface area contributed by atoms with E-state index in [4.69, 9.17) is 0 Å². The predicted octanol–water partition coefficient (Wildman–Crippen LogP) is 1.02. The van der Waals surface area contributed by atoms with Crippen molar-refractivity contribution in [3.8, 4) is 0 Å². The maximum Gasteiger partial charge on any atom is 0.178 e. The summed E-state index contributed by atoms with van der Waals surface area (Å²) in [5.41, 5.74) is 0. The Bertz CT molecular complexity index is 142. The fourth-order valence-electron chi connectivity index (χ4n) is 0.493. The molecule has 0 atom stereocenters. The standard InChI is InChI=1S/C6H5FO/c7-5-1-3-6(8)4-2-5/h1-5H. The molecule has 1 rings (SSSR count). The van der Waals surface area contributed by atoms with Crippen molar-refractivity contribution < 1.29 is 9.18 Å². The number of alkyl halides is 1. The van der Waals surface area contributed by atoms with Gasteiger partial charge in [0.15, 0.2) is 5.78 Å². The number of carbonyl (C=O) groups is 1. The van der Waals surface area contributed by atoms with Crippen LogP contribution < -0.4 is 0 Å². The van der Waals surface area contributed by atoms with Crippen molar-refractivity contribution in [1.29, 1.82) is 0 Å². The number of halogens is 1. The monoisotopic (exact) mass is 112 g/mol. The van der Waals surface area contributed by atoms with E-state index in [0.717, 1.165) is 0 Å². The molecule has 8 heavy (non-hydrogen) atoms. The van der Waals surface area contributed by atoms with E-state index in [1.165, 1.54) is 24.3 Å². The molecule has 0 amide bonds. The third kappa shape index (κ3) is 1.03. The van der Waals surface area contributed by atoms with Crippen molar-refractivity contribution in [2.75, 3.05) is 0 Å². The molecule has 0 saturated heterocycles. The maximum absolute atomic E-state index is 12.0. The zero-order valence-electron chi connectivity index (χ0n) is 4.17. The van der Waals surface area contributed by atoms with E-state index in [1.54, 1.807) is 0 Å². The van der Waals surface area contributed by atoms with Gasteiger partial charge in [0.2, 0.25) is 0 Å². The Morgan fingerprint density at radius 2 is 1.88 bits per heavy atom. The van der Waals surface area contributed by atoms with Crippen molar-refractivity contribution in [2.24, 2.45) is 0 Å². The quantitative estimate of drug-likeness (QED) is 0.457. The summed E-state index contributed by atoms with van der Waals surface area (Å²) in [4.78, 5) is 10.3. The Morgan fingerprint density at radius 1 is 1.38 bits per heavy atom. The molecular weight excluding hydrogens is 107 g/mol. The average molecular weight is 112 g/mol. The molecule has 0 N–H and O–H groups in total. The fourth-order valence-corrected chi connectivity index (χ4v) is 0.493. The molecule has 2 heteroatoms. The first-order chi connectivity index (χ1) is 3.79. The largest absolute Gasteiger partial charge is 0.290 e. The first-order valence-electron chi connectivity index (χ1n) is 2.33. The minimum atomic E-state index is -1.06. The van der Waals surface area contributed by atoms with Crippen LogP contribution in [0.4, 0.5) is 4.39 Å². The SMILES string of the molecule is O=C1C=CC(F)C=C1. The Kier molecular flexibility index (Phi) is 1.24. The van der Waals surface area contributed by atoms with E-state index in [0.29, 0.717) is 0 Å². The smallest absolute Gasteiger partial charge is 0.178 e. The molecule has 0 aromatic rings. The van der Waals surface area contributed by atoms with Gasteiger partial charge >= 0.3 is 0 Å². The second kappa shape index (κ2) is 1.90. The van der Waals surface area contributed by atoms with Crippen LogP contribution >= 0.6 is 0 Å². The molecule has 0 aromatic carbocycles. The van der Waals surface area contributed by atoms with Crippen molar-refractivity contribution in [3.63, 3.8) is 0 Å². The number of hydrogen-bond donors (Lipinski definition) is 0. The first-order valence-corrected chi connectivity index (χ1v) is 2.33. The van der Waals surface area contributed by atoms with Gasteiger partial charge in [-0.2, -0.15) is 0 Å². The molecule has 0 spiro atoms. The van der Waals surface area contributed by atoms with Gasteiger partial charge in [-0.15, -0.1) is 0 Å². The molecule has 42 valence electrons. The topological polar surface area (TPSA) is 17.1 Å². The summed E-state index contributed by atoms with van der Waals surface area (Å²) in [6, 6.07) is 0. The summed E-state index contributed by atoms with van der Waals surface area (Å²) >= 11 is 0. The van der Waals surface area contributed by atoms with Gasteiger partial charge < -0.3 is 0 Å². The lowest BCUT2D eigenvalue weighted by Gasteiger charge is -1.95. The zero-order chi connectivity index (χ0) is 5.98. The predicted molar refractivity (Wildman–Crippen MR) is 28.2 cm³/mol. The second-order valence-electron chi connectivity index (χ2n) is 1.57. The van der Waals surface area contributed by atoms with Gasteiger partial charge in [-0.1, -0.05) is 0 Å². The van der Waals surface area contributed by atoms with E-state index >= 15 is 0 Å². The van der Waals surface area contributed by atoms with E-state index < -0.39 is 6.17 Å². The molecule has 0 aliphatic heterocycles. The van der Waals surface area contributed by atoms with Crippen molar-refractivity contribution in [3.05, 3.63) is 24.3 Å². The van der Waals surface area contributed by atoms with E-state index in [-0.39, 0.29) is 5.78 Å². The molecule has 0 aromatic heterocycles. The van der Waals surface area contributed by atoms with Gasteiger partial charge in [-0.3, -0.25) is 4.79 Å². The number of ketones is 1. The molecular formula is C6H5FO. The van der Waals surface area contributed by atoms with Gasteiger partial charge in [-0.25, -0.2) is 4.39 Å². The summed E-state index contributed by atoms with van der Waals surface area (Å²) in [7, 11) is 0. The molecule has 1 nitrogen and oxygen atoms in total. The van der Waals surface area contributed by atoms with Crippen LogP contribution in [-0.4, -0.2) is 12.0 Å². The third-order valence-electron chi connectivity index (χ3n) is 0.889. The highest BCUT2D eigenvalue weighted by Gasteiger charge is 2.01. The van der Waals surface area contributed by atoms with Crippen LogP contribution in [0.3, 0.4) is 0 Å². The van der Waals surface area contributed by atoms with Crippen LogP contribution in [0.2, 0.25) is 0 Å². The van der Waals surface area contributed by atoms with Crippen LogP contribution in [0.5, 0.6) is 0 Å². The number of hydrogen-bond acceptors (Lipinski definition) is 1.